The minimum Gasteiger partial charge on any atom is -0.494 e. The van der Waals surface area contributed by atoms with Crippen LogP contribution in [-0.2, 0) is 17.9 Å². The monoisotopic (exact) mass is 288 g/mol. The third kappa shape index (κ3) is 5.31. The second-order valence-electron chi connectivity index (χ2n) is 4.54. The van der Waals surface area contributed by atoms with E-state index in [2.05, 4.69) is 10.6 Å². The molecule has 1 amide bonds. The van der Waals surface area contributed by atoms with Gasteiger partial charge in [-0.1, -0.05) is 12.1 Å². The molecule has 0 aliphatic carbocycles. The summed E-state index contributed by atoms with van der Waals surface area (Å²) in [5, 5.41) is 5.88. The Kier molecular flexibility index (Phi) is 5.84. The van der Waals surface area contributed by atoms with Gasteiger partial charge >= 0.3 is 0 Å². The van der Waals surface area contributed by atoms with Crippen LogP contribution in [0.4, 0.5) is 0 Å². The summed E-state index contributed by atoms with van der Waals surface area (Å²) in [5.74, 6) is 1.55. The maximum atomic E-state index is 11.6. The van der Waals surface area contributed by atoms with Crippen molar-refractivity contribution >= 4 is 5.91 Å². The molecule has 0 atom stereocenters. The summed E-state index contributed by atoms with van der Waals surface area (Å²) in [6.07, 6.45) is 1.59. The average Bonchev–Trinajstić information content (AvgIpc) is 3.01. The van der Waals surface area contributed by atoms with Crippen molar-refractivity contribution in [1.82, 2.24) is 10.6 Å². The SMILES string of the molecule is CCOc1ccc(CNCC(=O)NCc2ccco2)cc1. The van der Waals surface area contributed by atoms with Gasteiger partial charge in [-0.25, -0.2) is 0 Å². The van der Waals surface area contributed by atoms with Gasteiger partial charge in [0.25, 0.3) is 0 Å². The summed E-state index contributed by atoms with van der Waals surface area (Å²) in [5.41, 5.74) is 1.11. The Morgan fingerprint density at radius 2 is 2.00 bits per heavy atom. The van der Waals surface area contributed by atoms with Gasteiger partial charge in [-0.3, -0.25) is 4.79 Å². The Morgan fingerprint density at radius 3 is 2.67 bits per heavy atom. The molecule has 0 unspecified atom stereocenters. The van der Waals surface area contributed by atoms with Gasteiger partial charge in [-0.15, -0.1) is 0 Å². The highest BCUT2D eigenvalue weighted by atomic mass is 16.5. The van der Waals surface area contributed by atoms with E-state index in [0.29, 0.717) is 19.7 Å². The number of benzene rings is 1. The summed E-state index contributed by atoms with van der Waals surface area (Å²) in [6.45, 7) is 3.94. The minimum atomic E-state index is -0.0580. The number of carbonyl (C=O) groups is 1. The van der Waals surface area contributed by atoms with Crippen LogP contribution < -0.4 is 15.4 Å². The van der Waals surface area contributed by atoms with Gasteiger partial charge in [0.2, 0.25) is 5.91 Å². The zero-order valence-corrected chi connectivity index (χ0v) is 12.1. The van der Waals surface area contributed by atoms with Crippen molar-refractivity contribution in [2.75, 3.05) is 13.2 Å². The van der Waals surface area contributed by atoms with Crippen molar-refractivity contribution in [3.05, 3.63) is 54.0 Å². The molecule has 21 heavy (non-hydrogen) atoms. The molecule has 0 saturated heterocycles. The first-order chi connectivity index (χ1) is 10.3. The summed E-state index contributed by atoms with van der Waals surface area (Å²) >= 11 is 0. The Balaban J connectivity index is 1.65. The summed E-state index contributed by atoms with van der Waals surface area (Å²) in [4.78, 5) is 11.6. The van der Waals surface area contributed by atoms with Crippen LogP contribution in [0.2, 0.25) is 0 Å². The van der Waals surface area contributed by atoms with E-state index in [1.165, 1.54) is 0 Å². The molecule has 1 heterocycles. The molecule has 0 saturated carbocycles. The van der Waals surface area contributed by atoms with E-state index in [1.807, 2.05) is 37.3 Å². The van der Waals surface area contributed by atoms with Gasteiger partial charge in [0, 0.05) is 6.54 Å². The molecule has 0 radical (unpaired) electrons. The van der Waals surface area contributed by atoms with Crippen LogP contribution in [-0.4, -0.2) is 19.1 Å². The number of carbonyl (C=O) groups excluding carboxylic acids is 1. The van der Waals surface area contributed by atoms with Crippen LogP contribution in [0.25, 0.3) is 0 Å². The topological polar surface area (TPSA) is 63.5 Å². The molecule has 0 aliphatic rings. The molecule has 2 N–H and O–H groups in total. The molecule has 0 fully saturated rings. The van der Waals surface area contributed by atoms with Gasteiger partial charge < -0.3 is 19.8 Å². The first kappa shape index (κ1) is 15.1. The third-order valence-electron chi connectivity index (χ3n) is 2.89. The molecule has 112 valence electrons. The number of ether oxygens (including phenoxy) is 1. The van der Waals surface area contributed by atoms with E-state index in [-0.39, 0.29) is 12.5 Å². The van der Waals surface area contributed by atoms with E-state index in [9.17, 15) is 4.79 Å². The van der Waals surface area contributed by atoms with Crippen LogP contribution in [0.3, 0.4) is 0 Å². The fourth-order valence-electron chi connectivity index (χ4n) is 1.85. The molecular weight excluding hydrogens is 268 g/mol. The number of hydrogen-bond donors (Lipinski definition) is 2. The molecule has 2 aromatic rings. The van der Waals surface area contributed by atoms with Crippen LogP contribution in [0.5, 0.6) is 5.75 Å². The van der Waals surface area contributed by atoms with E-state index in [1.54, 1.807) is 12.3 Å². The number of furan rings is 1. The van der Waals surface area contributed by atoms with E-state index in [4.69, 9.17) is 9.15 Å². The quantitative estimate of drug-likeness (QED) is 0.780. The van der Waals surface area contributed by atoms with Gasteiger partial charge in [-0.05, 0) is 36.8 Å². The van der Waals surface area contributed by atoms with Crippen molar-refractivity contribution in [3.8, 4) is 5.75 Å². The molecule has 5 heteroatoms. The van der Waals surface area contributed by atoms with Crippen molar-refractivity contribution in [1.29, 1.82) is 0 Å². The Morgan fingerprint density at radius 1 is 1.19 bits per heavy atom. The minimum absolute atomic E-state index is 0.0580. The van der Waals surface area contributed by atoms with Gasteiger partial charge in [0.05, 0.1) is 26.0 Å². The molecular formula is C16H20N2O3. The lowest BCUT2D eigenvalue weighted by Gasteiger charge is -2.07. The molecule has 2 rings (SSSR count). The fraction of sp³-hybridized carbons (Fsp3) is 0.312. The molecule has 0 spiro atoms. The first-order valence-electron chi connectivity index (χ1n) is 6.99. The highest BCUT2D eigenvalue weighted by Crippen LogP contribution is 2.11. The van der Waals surface area contributed by atoms with Crippen molar-refractivity contribution in [2.45, 2.75) is 20.0 Å². The zero-order valence-electron chi connectivity index (χ0n) is 12.1. The molecule has 5 nitrogen and oxygen atoms in total. The molecule has 0 bridgehead atoms. The summed E-state index contributed by atoms with van der Waals surface area (Å²) in [6, 6.07) is 11.5. The highest BCUT2D eigenvalue weighted by molar-refractivity contribution is 5.77. The molecule has 1 aromatic heterocycles. The average molecular weight is 288 g/mol. The lowest BCUT2D eigenvalue weighted by Crippen LogP contribution is -2.33. The highest BCUT2D eigenvalue weighted by Gasteiger charge is 2.02. The molecule has 0 aliphatic heterocycles. The third-order valence-corrected chi connectivity index (χ3v) is 2.89. The predicted molar refractivity (Wildman–Crippen MR) is 79.9 cm³/mol. The second kappa shape index (κ2) is 8.11. The summed E-state index contributed by atoms with van der Waals surface area (Å²) < 4.78 is 10.5. The largest absolute Gasteiger partial charge is 0.494 e. The Bertz CT molecular complexity index is 535. The normalized spacial score (nSPS) is 10.3. The lowest BCUT2D eigenvalue weighted by molar-refractivity contribution is -0.120. The summed E-state index contributed by atoms with van der Waals surface area (Å²) in [7, 11) is 0. The van der Waals surface area contributed by atoms with Gasteiger partial charge in [-0.2, -0.15) is 0 Å². The van der Waals surface area contributed by atoms with Gasteiger partial charge in [0.15, 0.2) is 0 Å². The van der Waals surface area contributed by atoms with E-state index >= 15 is 0 Å². The Hall–Kier alpha value is -2.27. The number of nitrogens with one attached hydrogen (secondary N) is 2. The number of hydrogen-bond acceptors (Lipinski definition) is 4. The Labute approximate surface area is 124 Å². The second-order valence-corrected chi connectivity index (χ2v) is 4.54. The standard InChI is InChI=1S/C16H20N2O3/c1-2-20-14-7-5-13(6-8-14)10-17-12-16(19)18-11-15-4-3-9-21-15/h3-9,17H,2,10-12H2,1H3,(H,18,19). The lowest BCUT2D eigenvalue weighted by atomic mass is 10.2. The number of rotatable bonds is 8. The smallest absolute Gasteiger partial charge is 0.234 e. The zero-order chi connectivity index (χ0) is 14.9. The van der Waals surface area contributed by atoms with E-state index < -0.39 is 0 Å². The van der Waals surface area contributed by atoms with E-state index in [0.717, 1.165) is 17.1 Å². The maximum Gasteiger partial charge on any atom is 0.234 e. The maximum absolute atomic E-state index is 11.6. The van der Waals surface area contributed by atoms with Crippen molar-refractivity contribution < 1.29 is 13.9 Å². The van der Waals surface area contributed by atoms with Crippen molar-refractivity contribution in [3.63, 3.8) is 0 Å². The van der Waals surface area contributed by atoms with Crippen LogP contribution in [0, 0.1) is 0 Å². The fourth-order valence-corrected chi connectivity index (χ4v) is 1.85. The van der Waals surface area contributed by atoms with Crippen LogP contribution >= 0.6 is 0 Å². The van der Waals surface area contributed by atoms with Crippen molar-refractivity contribution in [2.24, 2.45) is 0 Å². The first-order valence-corrected chi connectivity index (χ1v) is 6.99. The van der Waals surface area contributed by atoms with Crippen LogP contribution in [0.15, 0.2) is 47.1 Å². The predicted octanol–water partition coefficient (Wildman–Crippen LogP) is 2.08. The molecule has 1 aromatic carbocycles. The van der Waals surface area contributed by atoms with Crippen LogP contribution in [0.1, 0.15) is 18.2 Å². The van der Waals surface area contributed by atoms with Gasteiger partial charge in [0.1, 0.15) is 11.5 Å². The number of amides is 1.